The van der Waals surface area contributed by atoms with Gasteiger partial charge in [-0.25, -0.2) is 0 Å². The average Bonchev–Trinajstić information content (AvgIpc) is 1.99. The number of nitrogens with zero attached hydrogens (tertiary/aromatic N) is 3. The van der Waals surface area contributed by atoms with Crippen LogP contribution in [0.1, 0.15) is 6.42 Å². The molecule has 1 heterocycles. The molecular weight excluding hydrogens is 267 g/mol. The van der Waals surface area contributed by atoms with Gasteiger partial charge in [0.1, 0.15) is 0 Å². The fraction of sp³-hybridized carbons (Fsp3) is 0.500. The monoisotopic (exact) mass is 273 g/mol. The Labute approximate surface area is 99.1 Å². The van der Waals surface area contributed by atoms with Crippen LogP contribution >= 0.6 is 37.0 Å². The van der Waals surface area contributed by atoms with Gasteiger partial charge in [-0.15, -0.1) is 25.3 Å². The van der Waals surface area contributed by atoms with Crippen molar-refractivity contribution in [3.63, 3.8) is 0 Å². The van der Waals surface area contributed by atoms with Gasteiger partial charge < -0.3 is 0 Å². The van der Waals surface area contributed by atoms with Crippen LogP contribution in [0.15, 0.2) is 15.5 Å². The second-order valence-corrected chi connectivity index (χ2v) is 4.29. The molecule has 0 spiro atoms. The fourth-order valence-corrected chi connectivity index (χ4v) is 2.07. The van der Waals surface area contributed by atoms with Gasteiger partial charge in [-0.05, 0) is 0 Å². The van der Waals surface area contributed by atoms with E-state index in [0.717, 1.165) is 11.8 Å². The van der Waals surface area contributed by atoms with Crippen molar-refractivity contribution in [3.05, 3.63) is 0 Å². The molecule has 0 saturated carbocycles. The Morgan fingerprint density at radius 1 is 1.07 bits per heavy atom. The first-order chi connectivity index (χ1) is 6.87. The van der Waals surface area contributed by atoms with Gasteiger partial charge >= 0.3 is 6.18 Å². The standard InChI is InChI=1S/C6H6F3N3S3/c7-6(8,9)1-2-15-5-11-3(13)10-4(14)12-5/h1-2H2,(H2,10,11,12,13,14). The van der Waals surface area contributed by atoms with Crippen molar-refractivity contribution >= 4 is 37.0 Å². The summed E-state index contributed by atoms with van der Waals surface area (Å²) in [4.78, 5) is 11.1. The zero-order valence-electron chi connectivity index (χ0n) is 7.19. The van der Waals surface area contributed by atoms with Crippen molar-refractivity contribution in [2.45, 2.75) is 28.1 Å². The van der Waals surface area contributed by atoms with Gasteiger partial charge in [0.25, 0.3) is 0 Å². The third kappa shape index (κ3) is 5.47. The predicted molar refractivity (Wildman–Crippen MR) is 55.7 cm³/mol. The number of alkyl halides is 3. The highest BCUT2D eigenvalue weighted by Crippen LogP contribution is 2.24. The maximum Gasteiger partial charge on any atom is 0.389 e. The molecule has 0 aliphatic heterocycles. The zero-order chi connectivity index (χ0) is 11.5. The number of thioether (sulfide) groups is 1. The summed E-state index contributed by atoms with van der Waals surface area (Å²) in [7, 11) is 0. The van der Waals surface area contributed by atoms with Crippen LogP contribution in [-0.2, 0) is 0 Å². The number of rotatable bonds is 3. The van der Waals surface area contributed by atoms with E-state index in [9.17, 15) is 13.2 Å². The lowest BCUT2D eigenvalue weighted by atomic mass is 10.5. The molecule has 0 bridgehead atoms. The third-order valence-corrected chi connectivity index (χ3v) is 2.46. The molecule has 1 aromatic rings. The molecule has 0 saturated heterocycles. The fourth-order valence-electron chi connectivity index (χ4n) is 0.658. The van der Waals surface area contributed by atoms with E-state index >= 15 is 0 Å². The Kier molecular flexibility index (Phi) is 4.53. The summed E-state index contributed by atoms with van der Waals surface area (Å²) in [6.45, 7) is 0. The molecule has 1 aromatic heterocycles. The lowest BCUT2D eigenvalue weighted by molar-refractivity contribution is -0.129. The van der Waals surface area contributed by atoms with Crippen LogP contribution in [0.5, 0.6) is 0 Å². The Balaban J connectivity index is 2.51. The molecule has 84 valence electrons. The van der Waals surface area contributed by atoms with Crippen LogP contribution in [0.25, 0.3) is 0 Å². The van der Waals surface area contributed by atoms with Crippen molar-refractivity contribution in [2.24, 2.45) is 0 Å². The van der Waals surface area contributed by atoms with Gasteiger partial charge in [0.2, 0.25) is 0 Å². The summed E-state index contributed by atoms with van der Waals surface area (Å²) in [5.74, 6) is -0.131. The van der Waals surface area contributed by atoms with Crippen molar-refractivity contribution in [1.82, 2.24) is 15.0 Å². The first kappa shape index (κ1) is 12.9. The van der Waals surface area contributed by atoms with Gasteiger partial charge in [0.15, 0.2) is 15.5 Å². The molecule has 0 radical (unpaired) electrons. The molecule has 0 aromatic carbocycles. The predicted octanol–water partition coefficient (Wildman–Crippen LogP) is 2.49. The highest BCUT2D eigenvalue weighted by Gasteiger charge is 2.26. The molecule has 15 heavy (non-hydrogen) atoms. The van der Waals surface area contributed by atoms with Crippen molar-refractivity contribution in [1.29, 1.82) is 0 Å². The van der Waals surface area contributed by atoms with E-state index in [1.807, 2.05) is 0 Å². The van der Waals surface area contributed by atoms with Crippen molar-refractivity contribution < 1.29 is 13.2 Å². The van der Waals surface area contributed by atoms with E-state index in [4.69, 9.17) is 0 Å². The molecule has 0 fully saturated rings. The maximum absolute atomic E-state index is 11.8. The molecular formula is C6H6F3N3S3. The van der Waals surface area contributed by atoms with E-state index in [1.54, 1.807) is 0 Å². The quantitative estimate of drug-likeness (QED) is 0.655. The Bertz CT molecular complexity index is 324. The molecule has 0 aliphatic carbocycles. The first-order valence-electron chi connectivity index (χ1n) is 3.70. The molecule has 0 N–H and O–H groups in total. The topological polar surface area (TPSA) is 38.7 Å². The van der Waals surface area contributed by atoms with Crippen LogP contribution in [-0.4, -0.2) is 26.9 Å². The van der Waals surface area contributed by atoms with Crippen molar-refractivity contribution in [2.75, 3.05) is 5.75 Å². The summed E-state index contributed by atoms with van der Waals surface area (Å²) in [5.41, 5.74) is 0. The molecule has 1 rings (SSSR count). The number of hydrogen-bond acceptors (Lipinski definition) is 6. The summed E-state index contributed by atoms with van der Waals surface area (Å²) >= 11 is 8.61. The van der Waals surface area contributed by atoms with Gasteiger partial charge in [0, 0.05) is 5.75 Å². The highest BCUT2D eigenvalue weighted by molar-refractivity contribution is 7.99. The molecule has 9 heteroatoms. The number of aromatic nitrogens is 3. The van der Waals surface area contributed by atoms with E-state index in [-0.39, 0.29) is 21.2 Å². The molecule has 0 aliphatic rings. The van der Waals surface area contributed by atoms with E-state index in [1.165, 1.54) is 0 Å². The van der Waals surface area contributed by atoms with Crippen LogP contribution in [0.4, 0.5) is 13.2 Å². The summed E-state index contributed by atoms with van der Waals surface area (Å²) < 4.78 is 35.5. The number of hydrogen-bond donors (Lipinski definition) is 2. The average molecular weight is 273 g/mol. The SMILES string of the molecule is FC(F)(F)CCSc1nc(S)nc(S)n1. The highest BCUT2D eigenvalue weighted by atomic mass is 32.2. The number of halogens is 3. The molecule has 0 amide bonds. The van der Waals surface area contributed by atoms with Gasteiger partial charge in [0.05, 0.1) is 6.42 Å². The smallest absolute Gasteiger partial charge is 0.197 e. The first-order valence-corrected chi connectivity index (χ1v) is 5.58. The molecule has 0 unspecified atom stereocenters. The van der Waals surface area contributed by atoms with Crippen LogP contribution < -0.4 is 0 Å². The van der Waals surface area contributed by atoms with E-state index in [2.05, 4.69) is 40.2 Å². The lowest BCUT2D eigenvalue weighted by Crippen LogP contribution is -2.08. The minimum Gasteiger partial charge on any atom is -0.197 e. The largest absolute Gasteiger partial charge is 0.389 e. The Morgan fingerprint density at radius 2 is 1.60 bits per heavy atom. The molecule has 3 nitrogen and oxygen atoms in total. The van der Waals surface area contributed by atoms with Crippen LogP contribution in [0.2, 0.25) is 0 Å². The second-order valence-electron chi connectivity index (χ2n) is 2.43. The summed E-state index contributed by atoms with van der Waals surface area (Å²) in [6, 6.07) is 0. The Hall–Kier alpha value is -0.150. The summed E-state index contributed by atoms with van der Waals surface area (Å²) in [5, 5.41) is 0.485. The normalized spacial score (nSPS) is 11.8. The van der Waals surface area contributed by atoms with E-state index in [0.29, 0.717) is 0 Å². The van der Waals surface area contributed by atoms with Crippen LogP contribution in [0, 0.1) is 0 Å². The summed E-state index contributed by atoms with van der Waals surface area (Å²) in [6.07, 6.45) is -5.04. The minimum absolute atomic E-state index is 0.131. The maximum atomic E-state index is 11.8. The Morgan fingerprint density at radius 3 is 2.07 bits per heavy atom. The van der Waals surface area contributed by atoms with Gasteiger partial charge in [-0.2, -0.15) is 28.1 Å². The zero-order valence-corrected chi connectivity index (χ0v) is 9.80. The van der Waals surface area contributed by atoms with Gasteiger partial charge in [-0.3, -0.25) is 0 Å². The van der Waals surface area contributed by atoms with Gasteiger partial charge in [-0.1, -0.05) is 11.8 Å². The van der Waals surface area contributed by atoms with Crippen molar-refractivity contribution in [3.8, 4) is 0 Å². The van der Waals surface area contributed by atoms with E-state index < -0.39 is 12.6 Å². The number of thiol groups is 2. The second kappa shape index (κ2) is 5.26. The minimum atomic E-state index is -4.16. The lowest BCUT2D eigenvalue weighted by Gasteiger charge is -2.04. The molecule has 0 atom stereocenters. The third-order valence-electron chi connectivity index (χ3n) is 1.21. The van der Waals surface area contributed by atoms with Crippen LogP contribution in [0.3, 0.4) is 0 Å².